The minimum Gasteiger partial charge on any atom is -0.161 e. The molecular weight excluding hydrogens is 140 g/mol. The molecule has 0 aromatic rings. The van der Waals surface area contributed by atoms with E-state index >= 15 is 0 Å². The molecule has 1 aliphatic heterocycles. The van der Waals surface area contributed by atoms with E-state index in [1.807, 2.05) is 0 Å². The summed E-state index contributed by atoms with van der Waals surface area (Å²) in [6.07, 6.45) is 6.28. The van der Waals surface area contributed by atoms with Gasteiger partial charge in [-0.2, -0.15) is 11.8 Å². The van der Waals surface area contributed by atoms with Crippen LogP contribution in [-0.4, -0.2) is 11.5 Å². The summed E-state index contributed by atoms with van der Waals surface area (Å²) in [5, 5.41) is 0. The number of allylic oxidation sites excluding steroid dienone is 2. The summed E-state index contributed by atoms with van der Waals surface area (Å²) in [6, 6.07) is 0. The second kappa shape index (κ2) is 2.61. The van der Waals surface area contributed by atoms with Gasteiger partial charge >= 0.3 is 0 Å². The summed E-state index contributed by atoms with van der Waals surface area (Å²) in [5.41, 5.74) is 0. The molecule has 10 heavy (non-hydrogen) atoms. The molecule has 1 fully saturated rings. The maximum absolute atomic E-state index is 2.44. The van der Waals surface area contributed by atoms with Gasteiger partial charge in [-0.25, -0.2) is 0 Å². The Balaban J connectivity index is 2.09. The van der Waals surface area contributed by atoms with Gasteiger partial charge in [0.2, 0.25) is 0 Å². The third kappa shape index (κ3) is 1.12. The number of rotatable bonds is 0. The lowest BCUT2D eigenvalue weighted by Gasteiger charge is -2.22. The number of hydrogen-bond acceptors (Lipinski definition) is 1. The van der Waals surface area contributed by atoms with Crippen LogP contribution in [0.4, 0.5) is 0 Å². The van der Waals surface area contributed by atoms with Crippen molar-refractivity contribution in [2.45, 2.75) is 13.3 Å². The second-order valence-electron chi connectivity index (χ2n) is 3.56. The van der Waals surface area contributed by atoms with Gasteiger partial charge in [0.05, 0.1) is 0 Å². The first kappa shape index (κ1) is 6.78. The van der Waals surface area contributed by atoms with Crippen LogP contribution in [-0.2, 0) is 0 Å². The van der Waals surface area contributed by atoms with E-state index in [-0.39, 0.29) is 0 Å². The lowest BCUT2D eigenvalue weighted by atomic mass is 9.82. The van der Waals surface area contributed by atoms with E-state index in [1.165, 1.54) is 17.9 Å². The van der Waals surface area contributed by atoms with E-state index in [4.69, 9.17) is 0 Å². The fraction of sp³-hybridized carbons (Fsp3) is 0.778. The van der Waals surface area contributed by atoms with Crippen molar-refractivity contribution in [3.05, 3.63) is 12.2 Å². The van der Waals surface area contributed by atoms with Crippen molar-refractivity contribution in [2.24, 2.45) is 17.8 Å². The van der Waals surface area contributed by atoms with Crippen LogP contribution in [0.15, 0.2) is 12.2 Å². The molecule has 0 aromatic carbocycles. The van der Waals surface area contributed by atoms with E-state index in [0.717, 1.165) is 17.8 Å². The molecule has 1 heterocycles. The van der Waals surface area contributed by atoms with E-state index in [2.05, 4.69) is 30.8 Å². The Morgan fingerprint density at radius 3 is 3.10 bits per heavy atom. The Labute approximate surface area is 67.1 Å². The predicted molar refractivity (Wildman–Crippen MR) is 47.2 cm³/mol. The predicted octanol–water partition coefficient (Wildman–Crippen LogP) is 2.56. The van der Waals surface area contributed by atoms with Gasteiger partial charge in [0.15, 0.2) is 0 Å². The highest BCUT2D eigenvalue weighted by Crippen LogP contribution is 2.38. The van der Waals surface area contributed by atoms with Gasteiger partial charge in [-0.1, -0.05) is 19.1 Å². The topological polar surface area (TPSA) is 0 Å². The highest BCUT2D eigenvalue weighted by atomic mass is 32.2. The van der Waals surface area contributed by atoms with Gasteiger partial charge in [-0.05, 0) is 35.7 Å². The molecule has 0 unspecified atom stereocenters. The number of thioether (sulfide) groups is 1. The maximum atomic E-state index is 2.44. The molecule has 0 radical (unpaired) electrons. The van der Waals surface area contributed by atoms with Crippen LogP contribution in [0, 0.1) is 17.8 Å². The van der Waals surface area contributed by atoms with Crippen molar-refractivity contribution in [3.63, 3.8) is 0 Å². The third-order valence-corrected chi connectivity index (χ3v) is 3.89. The summed E-state index contributed by atoms with van der Waals surface area (Å²) < 4.78 is 0. The van der Waals surface area contributed by atoms with Crippen LogP contribution >= 0.6 is 11.8 Å². The van der Waals surface area contributed by atoms with Crippen molar-refractivity contribution in [1.82, 2.24) is 0 Å². The Morgan fingerprint density at radius 1 is 1.30 bits per heavy atom. The zero-order valence-electron chi connectivity index (χ0n) is 6.42. The minimum atomic E-state index is 0.847. The molecule has 1 saturated heterocycles. The number of fused-ring (bicyclic) bond motifs is 1. The molecule has 56 valence electrons. The minimum absolute atomic E-state index is 0.847. The van der Waals surface area contributed by atoms with Crippen LogP contribution in [0.25, 0.3) is 0 Å². The Bertz CT molecular complexity index is 151. The maximum Gasteiger partial charge on any atom is -0.000139 e. The van der Waals surface area contributed by atoms with Crippen molar-refractivity contribution in [2.75, 3.05) is 11.5 Å². The zero-order chi connectivity index (χ0) is 6.97. The van der Waals surface area contributed by atoms with Crippen LogP contribution in [0.5, 0.6) is 0 Å². The monoisotopic (exact) mass is 154 g/mol. The van der Waals surface area contributed by atoms with Gasteiger partial charge in [-0.3, -0.25) is 0 Å². The fourth-order valence-electron chi connectivity index (χ4n) is 1.96. The average Bonchev–Trinajstić information content (AvgIpc) is 2.33. The Kier molecular flexibility index (Phi) is 1.77. The molecule has 0 N–H and O–H groups in total. The summed E-state index contributed by atoms with van der Waals surface area (Å²) >= 11 is 2.13. The largest absolute Gasteiger partial charge is 0.161 e. The summed E-state index contributed by atoms with van der Waals surface area (Å²) in [4.78, 5) is 0. The molecule has 2 aliphatic rings. The molecular formula is C9H14S. The van der Waals surface area contributed by atoms with E-state index < -0.39 is 0 Å². The van der Waals surface area contributed by atoms with Gasteiger partial charge in [-0.15, -0.1) is 0 Å². The van der Waals surface area contributed by atoms with Crippen molar-refractivity contribution in [3.8, 4) is 0 Å². The van der Waals surface area contributed by atoms with E-state index in [1.54, 1.807) is 0 Å². The van der Waals surface area contributed by atoms with Crippen LogP contribution in [0.1, 0.15) is 13.3 Å². The molecule has 0 amide bonds. The van der Waals surface area contributed by atoms with E-state index in [9.17, 15) is 0 Å². The van der Waals surface area contributed by atoms with Crippen LogP contribution < -0.4 is 0 Å². The molecule has 3 atom stereocenters. The quantitative estimate of drug-likeness (QED) is 0.483. The van der Waals surface area contributed by atoms with Gasteiger partial charge in [0.25, 0.3) is 0 Å². The summed E-state index contributed by atoms with van der Waals surface area (Å²) in [5.74, 6) is 5.60. The normalized spacial score (nSPS) is 45.5. The Hall–Kier alpha value is 0.0900. The second-order valence-corrected chi connectivity index (χ2v) is 4.63. The molecule has 0 bridgehead atoms. The molecule has 0 nitrogen and oxygen atoms in total. The standard InChI is InChI=1S/C9H14S/c1-7-2-3-8-5-10-6-9(8)4-7/h2-3,7-9H,4-6H2,1H3/t7-,8+,9-/m0/s1. The zero-order valence-corrected chi connectivity index (χ0v) is 7.23. The van der Waals surface area contributed by atoms with Gasteiger partial charge in [0.1, 0.15) is 0 Å². The fourth-order valence-corrected chi connectivity index (χ4v) is 3.44. The van der Waals surface area contributed by atoms with Crippen LogP contribution in [0.3, 0.4) is 0 Å². The first-order valence-corrected chi connectivity index (χ1v) is 5.28. The molecule has 0 saturated carbocycles. The van der Waals surface area contributed by atoms with Crippen LogP contribution in [0.2, 0.25) is 0 Å². The summed E-state index contributed by atoms with van der Waals surface area (Å²) in [6.45, 7) is 2.33. The first-order chi connectivity index (χ1) is 4.86. The van der Waals surface area contributed by atoms with Crippen molar-refractivity contribution >= 4 is 11.8 Å². The highest BCUT2D eigenvalue weighted by Gasteiger charge is 2.29. The molecule has 0 spiro atoms. The van der Waals surface area contributed by atoms with Crippen molar-refractivity contribution in [1.29, 1.82) is 0 Å². The van der Waals surface area contributed by atoms with E-state index in [0.29, 0.717) is 0 Å². The van der Waals surface area contributed by atoms with Gasteiger partial charge < -0.3 is 0 Å². The molecule has 0 aromatic heterocycles. The highest BCUT2D eigenvalue weighted by molar-refractivity contribution is 7.99. The van der Waals surface area contributed by atoms with Crippen molar-refractivity contribution < 1.29 is 0 Å². The first-order valence-electron chi connectivity index (χ1n) is 4.12. The third-order valence-electron chi connectivity index (χ3n) is 2.61. The molecule has 2 rings (SSSR count). The average molecular weight is 154 g/mol. The summed E-state index contributed by atoms with van der Waals surface area (Å²) in [7, 11) is 0. The lowest BCUT2D eigenvalue weighted by molar-refractivity contribution is 0.388. The SMILES string of the molecule is C[C@H]1C=C[C@@H]2CSC[C@@H]2C1. The van der Waals surface area contributed by atoms with Gasteiger partial charge in [0, 0.05) is 0 Å². The molecule has 1 heteroatoms. The number of hydrogen-bond donors (Lipinski definition) is 0. The Morgan fingerprint density at radius 2 is 2.20 bits per heavy atom. The smallest absolute Gasteiger partial charge is 0.000139 e. The molecule has 1 aliphatic carbocycles. The lowest BCUT2D eigenvalue weighted by Crippen LogP contribution is -2.17.